The molecule has 1 heterocycles. The van der Waals surface area contributed by atoms with Crippen molar-refractivity contribution in [3.05, 3.63) is 95.7 Å². The predicted octanol–water partition coefficient (Wildman–Crippen LogP) is 6.78. The molecular weight excluding hydrogens is 511 g/mol. The Bertz CT molecular complexity index is 1670. The van der Waals surface area contributed by atoms with Gasteiger partial charge in [0, 0.05) is 5.39 Å². The highest BCUT2D eigenvalue weighted by molar-refractivity contribution is 7.80. The van der Waals surface area contributed by atoms with Crippen molar-refractivity contribution in [1.82, 2.24) is 9.78 Å². The lowest BCUT2D eigenvalue weighted by Gasteiger charge is -2.21. The van der Waals surface area contributed by atoms with Gasteiger partial charge in [0.2, 0.25) is 0 Å². The summed E-state index contributed by atoms with van der Waals surface area (Å²) in [4.78, 5) is 0. The second kappa shape index (κ2) is 9.79. The van der Waals surface area contributed by atoms with Gasteiger partial charge in [0.1, 0.15) is 5.75 Å². The topological polar surface area (TPSA) is 68.7 Å². The van der Waals surface area contributed by atoms with Crippen molar-refractivity contribution in [2.45, 2.75) is 20.2 Å². The van der Waals surface area contributed by atoms with Crippen LogP contribution >= 0.6 is 12.2 Å². The Kier molecular flexibility index (Phi) is 6.50. The third kappa shape index (κ3) is 5.03. The highest BCUT2D eigenvalue weighted by Gasteiger charge is 2.31. The number of halogens is 3. The maximum Gasteiger partial charge on any atom is 0.573 e. The molecule has 0 aliphatic carbocycles. The Labute approximate surface area is 221 Å². The van der Waals surface area contributed by atoms with E-state index >= 15 is 0 Å². The first-order chi connectivity index (χ1) is 18.1. The van der Waals surface area contributed by atoms with E-state index in [0.29, 0.717) is 5.69 Å². The van der Waals surface area contributed by atoms with Crippen LogP contribution in [0.2, 0.25) is 0 Å². The Morgan fingerprint density at radius 1 is 1.00 bits per heavy atom. The highest BCUT2D eigenvalue weighted by atomic mass is 32.1. The molecule has 10 heteroatoms. The molecule has 6 nitrogen and oxygen atoms in total. The van der Waals surface area contributed by atoms with E-state index < -0.39 is 6.36 Å². The second-order valence-electron chi connectivity index (χ2n) is 8.71. The molecule has 0 unspecified atom stereocenters. The van der Waals surface area contributed by atoms with E-state index in [4.69, 9.17) is 18.0 Å². The summed E-state index contributed by atoms with van der Waals surface area (Å²) in [5.41, 5.74) is 11.1. The predicted molar refractivity (Wildman–Crippen MR) is 148 cm³/mol. The number of benzene rings is 4. The zero-order chi connectivity index (χ0) is 27.0. The summed E-state index contributed by atoms with van der Waals surface area (Å²) in [6.07, 6.45) is -1.29. The maximum absolute atomic E-state index is 12.5. The molecule has 0 atom stereocenters. The molecule has 0 aliphatic rings. The molecule has 1 aromatic heterocycles. The minimum Gasteiger partial charge on any atom is -0.406 e. The van der Waals surface area contributed by atoms with Gasteiger partial charge in [0.05, 0.1) is 29.3 Å². The van der Waals surface area contributed by atoms with Crippen LogP contribution in [0, 0.1) is 13.8 Å². The molecular formula is C28H22F3N5OS. The van der Waals surface area contributed by atoms with Crippen LogP contribution in [-0.4, -0.2) is 27.5 Å². The number of alkyl halides is 3. The molecule has 5 aromatic rings. The van der Waals surface area contributed by atoms with E-state index in [9.17, 15) is 13.2 Å². The number of hydrogen-bond acceptors (Lipinski definition) is 4. The number of para-hydroxylation sites is 1. The fraction of sp³-hybridized carbons (Fsp3) is 0.107. The van der Waals surface area contributed by atoms with Gasteiger partial charge in [-0.3, -0.25) is 0 Å². The maximum atomic E-state index is 12.5. The van der Waals surface area contributed by atoms with Gasteiger partial charge in [-0.25, -0.2) is 9.69 Å². The molecule has 38 heavy (non-hydrogen) atoms. The van der Waals surface area contributed by atoms with E-state index in [2.05, 4.69) is 14.9 Å². The molecule has 0 spiro atoms. The molecule has 0 saturated carbocycles. The lowest BCUT2D eigenvalue weighted by Crippen LogP contribution is -2.32. The van der Waals surface area contributed by atoms with Gasteiger partial charge >= 0.3 is 6.36 Å². The summed E-state index contributed by atoms with van der Waals surface area (Å²) in [5.74, 6) is -0.288. The number of aromatic nitrogens is 2. The van der Waals surface area contributed by atoms with Crippen LogP contribution in [0.1, 0.15) is 16.7 Å². The smallest absolute Gasteiger partial charge is 0.406 e. The quantitative estimate of drug-likeness (QED) is 0.153. The molecule has 4 aromatic carbocycles. The van der Waals surface area contributed by atoms with Gasteiger partial charge in [0.15, 0.2) is 5.11 Å². The van der Waals surface area contributed by atoms with Crippen molar-refractivity contribution in [3.63, 3.8) is 0 Å². The summed E-state index contributed by atoms with van der Waals surface area (Å²) in [5, 5.41) is 13.6. The van der Waals surface area contributed by atoms with Gasteiger partial charge in [-0.15, -0.1) is 13.2 Å². The minimum absolute atomic E-state index is 0.145. The van der Waals surface area contributed by atoms with Gasteiger partial charge in [-0.1, -0.05) is 36.4 Å². The fourth-order valence-corrected chi connectivity index (χ4v) is 4.56. The zero-order valence-electron chi connectivity index (χ0n) is 20.4. The first-order valence-corrected chi connectivity index (χ1v) is 12.0. The Morgan fingerprint density at radius 2 is 1.71 bits per heavy atom. The SMILES string of the molecule is Cc1cccc(C)c1N(/N=C/c1ccc2c(ccc3c2cnn3-c2ccc(OC(F)(F)F)cc2)c1)C(N)=S. The zero-order valence-corrected chi connectivity index (χ0v) is 21.2. The van der Waals surface area contributed by atoms with Crippen LogP contribution in [0.3, 0.4) is 0 Å². The largest absolute Gasteiger partial charge is 0.573 e. The van der Waals surface area contributed by atoms with E-state index in [1.807, 2.05) is 62.4 Å². The molecule has 0 saturated heterocycles. The van der Waals surface area contributed by atoms with E-state index in [-0.39, 0.29) is 10.9 Å². The molecule has 0 bridgehead atoms. The average Bonchev–Trinajstić information content (AvgIpc) is 3.29. The van der Waals surface area contributed by atoms with Crippen LogP contribution in [0.15, 0.2) is 84.1 Å². The Hall–Kier alpha value is -4.44. The Balaban J connectivity index is 1.46. The summed E-state index contributed by atoms with van der Waals surface area (Å²) in [7, 11) is 0. The number of nitrogens with two attached hydrogens (primary N) is 1. The molecule has 0 fully saturated rings. The van der Waals surface area contributed by atoms with Crippen LogP contribution < -0.4 is 15.5 Å². The van der Waals surface area contributed by atoms with Gasteiger partial charge < -0.3 is 10.5 Å². The van der Waals surface area contributed by atoms with Gasteiger partial charge in [0.25, 0.3) is 0 Å². The first-order valence-electron chi connectivity index (χ1n) is 11.6. The van der Waals surface area contributed by atoms with Gasteiger partial charge in [-0.2, -0.15) is 10.2 Å². The fourth-order valence-electron chi connectivity index (χ4n) is 4.42. The van der Waals surface area contributed by atoms with Crippen molar-refractivity contribution < 1.29 is 17.9 Å². The number of anilines is 1. The number of ether oxygens (including phenoxy) is 1. The third-order valence-electron chi connectivity index (χ3n) is 6.09. The van der Waals surface area contributed by atoms with Crippen LogP contribution in [0.25, 0.3) is 27.4 Å². The summed E-state index contributed by atoms with van der Waals surface area (Å²) in [6.45, 7) is 3.96. The molecule has 0 amide bonds. The van der Waals surface area contributed by atoms with Crippen molar-refractivity contribution in [3.8, 4) is 11.4 Å². The van der Waals surface area contributed by atoms with Crippen LogP contribution in [-0.2, 0) is 0 Å². The van der Waals surface area contributed by atoms with Crippen molar-refractivity contribution in [2.24, 2.45) is 10.8 Å². The molecule has 0 aliphatic heterocycles. The number of aryl methyl sites for hydroxylation is 2. The highest BCUT2D eigenvalue weighted by Crippen LogP contribution is 2.30. The molecule has 192 valence electrons. The van der Waals surface area contributed by atoms with Crippen molar-refractivity contribution >= 4 is 50.9 Å². The number of nitrogens with zero attached hydrogens (tertiary/aromatic N) is 4. The lowest BCUT2D eigenvalue weighted by atomic mass is 10.0. The monoisotopic (exact) mass is 533 g/mol. The van der Waals surface area contributed by atoms with E-state index in [1.165, 1.54) is 24.3 Å². The third-order valence-corrected chi connectivity index (χ3v) is 6.26. The Morgan fingerprint density at radius 3 is 2.37 bits per heavy atom. The summed E-state index contributed by atoms with van der Waals surface area (Å²) in [6, 6.07) is 21.3. The molecule has 2 N–H and O–H groups in total. The average molecular weight is 534 g/mol. The number of rotatable bonds is 5. The number of thiocarbonyl (C=S) groups is 1. The van der Waals surface area contributed by atoms with Crippen molar-refractivity contribution in [1.29, 1.82) is 0 Å². The number of fused-ring (bicyclic) bond motifs is 3. The van der Waals surface area contributed by atoms with E-state index in [1.54, 1.807) is 22.1 Å². The normalized spacial score (nSPS) is 11.9. The van der Waals surface area contributed by atoms with Crippen LogP contribution in [0.5, 0.6) is 5.75 Å². The van der Waals surface area contributed by atoms with Gasteiger partial charge in [-0.05, 0) is 89.9 Å². The van der Waals surface area contributed by atoms with E-state index in [0.717, 1.165) is 44.1 Å². The lowest BCUT2D eigenvalue weighted by molar-refractivity contribution is -0.274. The molecule has 5 rings (SSSR count). The van der Waals surface area contributed by atoms with Crippen molar-refractivity contribution in [2.75, 3.05) is 5.01 Å². The first kappa shape index (κ1) is 25.2. The second-order valence-corrected chi connectivity index (χ2v) is 9.13. The van der Waals surface area contributed by atoms with Crippen LogP contribution in [0.4, 0.5) is 18.9 Å². The standard InChI is InChI=1S/C28H22F3N5OS/c1-17-4-3-5-18(2)26(17)36(27(32)38)33-15-19-6-12-23-20(14-19)7-13-25-24(23)16-34-35(25)21-8-10-22(11-9-21)37-28(29,30)31/h3-16H,1-2H3,(H2,32,38)/b33-15+. The number of hydrazone groups is 1. The minimum atomic E-state index is -4.74. The molecule has 0 radical (unpaired) electrons. The summed E-state index contributed by atoms with van der Waals surface area (Å²) < 4.78 is 43.0. The number of hydrogen-bond donors (Lipinski definition) is 1. The summed E-state index contributed by atoms with van der Waals surface area (Å²) >= 11 is 5.26.